The summed E-state index contributed by atoms with van der Waals surface area (Å²) in [6.45, 7) is 2.42. The van der Waals surface area contributed by atoms with Crippen molar-refractivity contribution in [1.82, 2.24) is 5.32 Å². The number of benzene rings is 1. The second-order valence-electron chi connectivity index (χ2n) is 4.48. The quantitative estimate of drug-likeness (QED) is 0.655. The van der Waals surface area contributed by atoms with E-state index in [1.165, 1.54) is 24.3 Å². The first-order valence-corrected chi connectivity index (χ1v) is 6.42. The average molecular weight is 296 g/mol. The molecule has 7 heteroatoms. The molecule has 0 radical (unpaired) electrons. The lowest BCUT2D eigenvalue weighted by Crippen LogP contribution is -2.23. The van der Waals surface area contributed by atoms with Gasteiger partial charge in [-0.3, -0.25) is 10.1 Å². The molecule has 0 saturated heterocycles. The normalized spacial score (nSPS) is 12.3. The van der Waals surface area contributed by atoms with Gasteiger partial charge in [-0.2, -0.15) is 0 Å². The molecule has 1 heterocycles. The van der Waals surface area contributed by atoms with Crippen molar-refractivity contribution in [2.75, 3.05) is 6.54 Å². The maximum Gasteiger partial charge on any atom is 0.433 e. The molecular formula is C14H14F2N2O3. The zero-order chi connectivity index (χ0) is 15.4. The van der Waals surface area contributed by atoms with Crippen LogP contribution in [0.2, 0.25) is 0 Å². The lowest BCUT2D eigenvalue weighted by Gasteiger charge is -2.15. The second kappa shape index (κ2) is 6.45. The van der Waals surface area contributed by atoms with Crippen LogP contribution in [-0.4, -0.2) is 11.5 Å². The molecule has 0 aliphatic rings. The average Bonchev–Trinajstić information content (AvgIpc) is 2.91. The second-order valence-corrected chi connectivity index (χ2v) is 4.48. The standard InChI is InChI=1S/C14H14F2N2O3/c1-2-17-12(13-5-6-14(21-13)18(19)20)7-9-3-4-10(15)8-11(9)16/h3-6,8,12,17H,2,7H2,1H3. The van der Waals surface area contributed by atoms with Crippen molar-refractivity contribution < 1.29 is 18.1 Å². The van der Waals surface area contributed by atoms with Crippen LogP contribution in [0.15, 0.2) is 34.7 Å². The van der Waals surface area contributed by atoms with E-state index < -0.39 is 22.6 Å². The smallest absolute Gasteiger partial charge is 0.404 e. The van der Waals surface area contributed by atoms with Crippen molar-refractivity contribution in [3.05, 3.63) is 63.4 Å². The van der Waals surface area contributed by atoms with Crippen LogP contribution in [0.5, 0.6) is 0 Å². The number of nitro groups is 1. The number of hydrogen-bond donors (Lipinski definition) is 1. The van der Waals surface area contributed by atoms with Gasteiger partial charge in [0.2, 0.25) is 0 Å². The van der Waals surface area contributed by atoms with Crippen LogP contribution in [0.3, 0.4) is 0 Å². The van der Waals surface area contributed by atoms with Gasteiger partial charge in [0.15, 0.2) is 0 Å². The van der Waals surface area contributed by atoms with E-state index in [4.69, 9.17) is 4.42 Å². The number of rotatable bonds is 6. The molecule has 0 spiro atoms. The molecule has 1 N–H and O–H groups in total. The molecule has 0 bridgehead atoms. The first kappa shape index (κ1) is 15.1. The Labute approximate surface area is 119 Å². The molecule has 2 aromatic rings. The maximum absolute atomic E-state index is 13.7. The molecule has 21 heavy (non-hydrogen) atoms. The minimum Gasteiger partial charge on any atom is -0.404 e. The fourth-order valence-electron chi connectivity index (χ4n) is 2.05. The van der Waals surface area contributed by atoms with Crippen molar-refractivity contribution >= 4 is 5.88 Å². The number of furan rings is 1. The van der Waals surface area contributed by atoms with Crippen LogP contribution in [0, 0.1) is 21.7 Å². The summed E-state index contributed by atoms with van der Waals surface area (Å²) in [7, 11) is 0. The lowest BCUT2D eigenvalue weighted by atomic mass is 10.0. The van der Waals surface area contributed by atoms with E-state index in [0.717, 1.165) is 6.07 Å². The van der Waals surface area contributed by atoms with Gasteiger partial charge in [0.05, 0.1) is 12.1 Å². The molecule has 0 saturated carbocycles. The van der Waals surface area contributed by atoms with E-state index in [-0.39, 0.29) is 12.3 Å². The molecule has 1 unspecified atom stereocenters. The molecule has 112 valence electrons. The third-order valence-electron chi connectivity index (χ3n) is 3.03. The van der Waals surface area contributed by atoms with E-state index in [0.29, 0.717) is 17.9 Å². The Hall–Kier alpha value is -2.28. The molecule has 2 rings (SSSR count). The van der Waals surface area contributed by atoms with Crippen molar-refractivity contribution in [3.8, 4) is 0 Å². The summed E-state index contributed by atoms with van der Waals surface area (Å²) >= 11 is 0. The van der Waals surface area contributed by atoms with Crippen LogP contribution in [0.1, 0.15) is 24.3 Å². The molecule has 1 aromatic heterocycles. The van der Waals surface area contributed by atoms with Crippen LogP contribution in [-0.2, 0) is 6.42 Å². The highest BCUT2D eigenvalue weighted by molar-refractivity contribution is 5.24. The Balaban J connectivity index is 2.23. The molecule has 0 aliphatic carbocycles. The molecular weight excluding hydrogens is 282 g/mol. The Morgan fingerprint density at radius 1 is 1.33 bits per heavy atom. The van der Waals surface area contributed by atoms with Crippen LogP contribution in [0.4, 0.5) is 14.7 Å². The minimum absolute atomic E-state index is 0.199. The summed E-state index contributed by atoms with van der Waals surface area (Å²) in [6, 6.07) is 5.64. The minimum atomic E-state index is -0.654. The number of halogens is 2. The van der Waals surface area contributed by atoms with Crippen molar-refractivity contribution in [2.24, 2.45) is 0 Å². The third-order valence-corrected chi connectivity index (χ3v) is 3.03. The summed E-state index contributed by atoms with van der Waals surface area (Å²) in [4.78, 5) is 10.0. The molecule has 1 atom stereocenters. The van der Waals surface area contributed by atoms with Gasteiger partial charge in [-0.25, -0.2) is 8.78 Å². The zero-order valence-corrected chi connectivity index (χ0v) is 11.3. The predicted octanol–water partition coefficient (Wildman–Crippen LogP) is 3.36. The van der Waals surface area contributed by atoms with E-state index in [2.05, 4.69) is 5.32 Å². The van der Waals surface area contributed by atoms with Gasteiger partial charge in [-0.1, -0.05) is 13.0 Å². The third kappa shape index (κ3) is 3.63. The molecule has 0 fully saturated rings. The largest absolute Gasteiger partial charge is 0.433 e. The highest BCUT2D eigenvalue weighted by atomic mass is 19.1. The monoisotopic (exact) mass is 296 g/mol. The van der Waals surface area contributed by atoms with Crippen LogP contribution >= 0.6 is 0 Å². The van der Waals surface area contributed by atoms with Gasteiger partial charge in [-0.05, 0) is 30.7 Å². The Kier molecular flexibility index (Phi) is 4.64. The predicted molar refractivity (Wildman–Crippen MR) is 71.8 cm³/mol. The SMILES string of the molecule is CCNC(Cc1ccc(F)cc1F)c1ccc([N+](=O)[O-])o1. The summed E-state index contributed by atoms with van der Waals surface area (Å²) in [6.07, 6.45) is 0.199. The van der Waals surface area contributed by atoms with Gasteiger partial charge in [0.1, 0.15) is 22.3 Å². The van der Waals surface area contributed by atoms with Crippen LogP contribution in [0.25, 0.3) is 0 Å². The lowest BCUT2D eigenvalue weighted by molar-refractivity contribution is -0.402. The fourth-order valence-corrected chi connectivity index (χ4v) is 2.05. The van der Waals surface area contributed by atoms with Gasteiger partial charge < -0.3 is 9.73 Å². The Morgan fingerprint density at radius 2 is 2.10 bits per heavy atom. The van der Waals surface area contributed by atoms with Gasteiger partial charge >= 0.3 is 5.88 Å². The number of nitrogens with one attached hydrogen (secondary N) is 1. The molecule has 1 aromatic carbocycles. The van der Waals surface area contributed by atoms with Gasteiger partial charge in [0, 0.05) is 6.07 Å². The van der Waals surface area contributed by atoms with E-state index in [1.807, 2.05) is 6.92 Å². The summed E-state index contributed by atoms with van der Waals surface area (Å²) in [5, 5.41) is 13.7. The van der Waals surface area contributed by atoms with Crippen molar-refractivity contribution in [1.29, 1.82) is 0 Å². The molecule has 0 amide bonds. The van der Waals surface area contributed by atoms with E-state index in [9.17, 15) is 18.9 Å². The summed E-state index contributed by atoms with van der Waals surface area (Å²) in [5.41, 5.74) is 0.307. The zero-order valence-electron chi connectivity index (χ0n) is 11.3. The maximum atomic E-state index is 13.7. The first-order valence-electron chi connectivity index (χ1n) is 6.42. The van der Waals surface area contributed by atoms with E-state index >= 15 is 0 Å². The first-order chi connectivity index (χ1) is 10.0. The molecule has 0 aliphatic heterocycles. The highest BCUT2D eigenvalue weighted by Crippen LogP contribution is 2.25. The number of nitrogens with zero attached hydrogens (tertiary/aromatic N) is 1. The summed E-state index contributed by atoms with van der Waals surface area (Å²) in [5.74, 6) is -1.33. The topological polar surface area (TPSA) is 68.3 Å². The van der Waals surface area contributed by atoms with Gasteiger partial charge in [-0.15, -0.1) is 0 Å². The fraction of sp³-hybridized carbons (Fsp3) is 0.286. The van der Waals surface area contributed by atoms with Gasteiger partial charge in [0.25, 0.3) is 0 Å². The summed E-state index contributed by atoms with van der Waals surface area (Å²) < 4.78 is 31.7. The van der Waals surface area contributed by atoms with Crippen LogP contribution < -0.4 is 5.32 Å². The Morgan fingerprint density at radius 3 is 2.67 bits per heavy atom. The number of likely N-dealkylation sites (N-methyl/N-ethyl adjacent to an activating group) is 1. The van der Waals surface area contributed by atoms with Crippen molar-refractivity contribution in [2.45, 2.75) is 19.4 Å². The highest BCUT2D eigenvalue weighted by Gasteiger charge is 2.20. The molecule has 5 nitrogen and oxygen atoms in total. The Bertz CT molecular complexity index is 643. The van der Waals surface area contributed by atoms with E-state index in [1.54, 1.807) is 0 Å². The number of hydrogen-bond acceptors (Lipinski definition) is 4. The van der Waals surface area contributed by atoms with Crippen molar-refractivity contribution in [3.63, 3.8) is 0 Å².